The van der Waals surface area contributed by atoms with Gasteiger partial charge >= 0.3 is 5.97 Å². The Bertz CT molecular complexity index is 659. The Morgan fingerprint density at radius 2 is 1.95 bits per heavy atom. The topological polar surface area (TPSA) is 72.5 Å². The van der Waals surface area contributed by atoms with Gasteiger partial charge in [0.1, 0.15) is 12.4 Å². The van der Waals surface area contributed by atoms with Gasteiger partial charge in [0.05, 0.1) is 5.56 Å². The van der Waals surface area contributed by atoms with Gasteiger partial charge in [0.25, 0.3) is 0 Å². The maximum absolute atomic E-state index is 11.0. The van der Waals surface area contributed by atoms with Crippen LogP contribution in [-0.4, -0.2) is 11.1 Å². The standard InChI is InChI=1S/C14H11Cl2NO3/c15-9-2-1-8(12(16)5-9)7-20-10-3-4-13(17)11(6-10)14(18)19/h1-6H,7,17H2,(H,18,19). The van der Waals surface area contributed by atoms with Crippen molar-refractivity contribution in [1.29, 1.82) is 0 Å². The van der Waals surface area contributed by atoms with E-state index >= 15 is 0 Å². The van der Waals surface area contributed by atoms with Gasteiger partial charge in [0.15, 0.2) is 0 Å². The van der Waals surface area contributed by atoms with Gasteiger partial charge in [-0.1, -0.05) is 29.3 Å². The summed E-state index contributed by atoms with van der Waals surface area (Å²) in [5, 5.41) is 10.0. The van der Waals surface area contributed by atoms with E-state index < -0.39 is 5.97 Å². The molecule has 20 heavy (non-hydrogen) atoms. The molecule has 104 valence electrons. The lowest BCUT2D eigenvalue weighted by atomic mass is 10.1. The number of hydrogen-bond donors (Lipinski definition) is 2. The molecule has 0 aliphatic rings. The van der Waals surface area contributed by atoms with Crippen molar-refractivity contribution in [3.63, 3.8) is 0 Å². The number of nitrogen functional groups attached to an aromatic ring is 1. The van der Waals surface area contributed by atoms with Crippen LogP contribution in [0.1, 0.15) is 15.9 Å². The van der Waals surface area contributed by atoms with Crippen molar-refractivity contribution < 1.29 is 14.6 Å². The average molecular weight is 312 g/mol. The van der Waals surface area contributed by atoms with Crippen LogP contribution in [0.5, 0.6) is 5.75 Å². The van der Waals surface area contributed by atoms with Crippen LogP contribution >= 0.6 is 23.2 Å². The fraction of sp³-hybridized carbons (Fsp3) is 0.0714. The van der Waals surface area contributed by atoms with Crippen molar-refractivity contribution in [3.8, 4) is 5.75 Å². The highest BCUT2D eigenvalue weighted by Gasteiger charge is 2.10. The van der Waals surface area contributed by atoms with Crippen molar-refractivity contribution in [3.05, 3.63) is 57.6 Å². The summed E-state index contributed by atoms with van der Waals surface area (Å²) in [5.74, 6) is -0.694. The molecule has 0 aliphatic heterocycles. The van der Waals surface area contributed by atoms with Crippen molar-refractivity contribution in [2.75, 3.05) is 5.73 Å². The summed E-state index contributed by atoms with van der Waals surface area (Å²) in [7, 11) is 0. The Balaban J connectivity index is 2.15. The SMILES string of the molecule is Nc1ccc(OCc2ccc(Cl)cc2Cl)cc1C(=O)O. The molecule has 3 N–H and O–H groups in total. The van der Waals surface area contributed by atoms with Gasteiger partial charge in [-0.15, -0.1) is 0 Å². The second-order valence-electron chi connectivity index (χ2n) is 4.08. The minimum Gasteiger partial charge on any atom is -0.489 e. The van der Waals surface area contributed by atoms with Crippen LogP contribution in [-0.2, 0) is 6.61 Å². The predicted octanol–water partition coefficient (Wildman–Crippen LogP) is 3.85. The first-order valence-corrected chi connectivity index (χ1v) is 6.42. The average Bonchev–Trinajstić information content (AvgIpc) is 2.39. The minimum atomic E-state index is -1.10. The molecule has 0 saturated heterocycles. The number of carbonyl (C=O) groups is 1. The Morgan fingerprint density at radius 1 is 1.20 bits per heavy atom. The molecular formula is C14H11Cl2NO3. The summed E-state index contributed by atoms with van der Waals surface area (Å²) >= 11 is 11.8. The fourth-order valence-electron chi connectivity index (χ4n) is 1.61. The highest BCUT2D eigenvalue weighted by molar-refractivity contribution is 6.35. The lowest BCUT2D eigenvalue weighted by molar-refractivity contribution is 0.0697. The second-order valence-corrected chi connectivity index (χ2v) is 4.92. The van der Waals surface area contributed by atoms with Crippen molar-refractivity contribution in [2.24, 2.45) is 0 Å². The number of benzene rings is 2. The van der Waals surface area contributed by atoms with Crippen molar-refractivity contribution >= 4 is 34.9 Å². The molecule has 0 spiro atoms. The van der Waals surface area contributed by atoms with Crippen LogP contribution in [0.4, 0.5) is 5.69 Å². The number of nitrogens with two attached hydrogens (primary N) is 1. The number of carboxylic acids is 1. The van der Waals surface area contributed by atoms with E-state index in [1.807, 2.05) is 0 Å². The number of aromatic carboxylic acids is 1. The van der Waals surface area contributed by atoms with Gasteiger partial charge in [0, 0.05) is 21.3 Å². The monoisotopic (exact) mass is 311 g/mol. The van der Waals surface area contributed by atoms with Crippen molar-refractivity contribution in [1.82, 2.24) is 0 Å². The second kappa shape index (κ2) is 6.03. The third-order valence-electron chi connectivity index (χ3n) is 2.66. The molecule has 0 fully saturated rings. The van der Waals surface area contributed by atoms with Crippen LogP contribution in [0.3, 0.4) is 0 Å². The van der Waals surface area contributed by atoms with E-state index in [9.17, 15) is 4.79 Å². The van der Waals surface area contributed by atoms with Gasteiger partial charge in [-0.05, 0) is 30.3 Å². The smallest absolute Gasteiger partial charge is 0.337 e. The van der Waals surface area contributed by atoms with Crippen molar-refractivity contribution in [2.45, 2.75) is 6.61 Å². The molecule has 0 aliphatic carbocycles. The predicted molar refractivity (Wildman–Crippen MR) is 78.6 cm³/mol. The van der Waals surface area contributed by atoms with Crippen LogP contribution in [0.25, 0.3) is 0 Å². The first kappa shape index (κ1) is 14.5. The zero-order valence-corrected chi connectivity index (χ0v) is 11.8. The Morgan fingerprint density at radius 3 is 2.60 bits per heavy atom. The van der Waals surface area contributed by atoms with E-state index in [0.29, 0.717) is 15.8 Å². The molecule has 0 bridgehead atoms. The Kier molecular flexibility index (Phi) is 4.37. The number of anilines is 1. The van der Waals surface area contributed by atoms with E-state index in [2.05, 4.69) is 0 Å². The molecule has 6 heteroatoms. The van der Waals surface area contributed by atoms with Crippen LogP contribution in [0, 0.1) is 0 Å². The highest BCUT2D eigenvalue weighted by Crippen LogP contribution is 2.24. The number of halogens is 2. The third-order valence-corrected chi connectivity index (χ3v) is 3.25. The van der Waals surface area contributed by atoms with Gasteiger partial charge < -0.3 is 15.6 Å². The molecule has 2 rings (SSSR count). The molecule has 0 aromatic heterocycles. The van der Waals surface area contributed by atoms with E-state index in [0.717, 1.165) is 5.56 Å². The number of hydrogen-bond acceptors (Lipinski definition) is 3. The lowest BCUT2D eigenvalue weighted by Gasteiger charge is -2.09. The molecule has 0 unspecified atom stereocenters. The zero-order chi connectivity index (χ0) is 14.7. The molecule has 2 aromatic carbocycles. The fourth-order valence-corrected chi connectivity index (χ4v) is 2.07. The van der Waals surface area contributed by atoms with Crippen LogP contribution in [0.2, 0.25) is 10.0 Å². The first-order valence-electron chi connectivity index (χ1n) is 5.67. The largest absolute Gasteiger partial charge is 0.489 e. The van der Waals surface area contributed by atoms with E-state index in [1.54, 1.807) is 24.3 Å². The number of ether oxygens (including phenoxy) is 1. The molecule has 0 atom stereocenters. The summed E-state index contributed by atoms with van der Waals surface area (Å²) in [6.45, 7) is 0.207. The normalized spacial score (nSPS) is 10.3. The summed E-state index contributed by atoms with van der Waals surface area (Å²) < 4.78 is 5.51. The maximum atomic E-state index is 11.0. The van der Waals surface area contributed by atoms with Gasteiger partial charge in [-0.25, -0.2) is 4.79 Å². The molecule has 0 radical (unpaired) electrons. The molecule has 0 saturated carbocycles. The first-order chi connectivity index (χ1) is 9.47. The minimum absolute atomic E-state index is 0.00435. The molecule has 2 aromatic rings. The van der Waals surface area contributed by atoms with E-state index in [1.165, 1.54) is 12.1 Å². The third kappa shape index (κ3) is 3.35. The summed E-state index contributed by atoms with van der Waals surface area (Å²) in [4.78, 5) is 11.0. The lowest BCUT2D eigenvalue weighted by Crippen LogP contribution is -2.03. The summed E-state index contributed by atoms with van der Waals surface area (Å²) in [6.07, 6.45) is 0. The van der Waals surface area contributed by atoms with E-state index in [4.69, 9.17) is 38.8 Å². The quantitative estimate of drug-likeness (QED) is 0.841. The molecule has 4 nitrogen and oxygen atoms in total. The van der Waals surface area contributed by atoms with Gasteiger partial charge in [-0.2, -0.15) is 0 Å². The molecule has 0 heterocycles. The maximum Gasteiger partial charge on any atom is 0.337 e. The van der Waals surface area contributed by atoms with Crippen LogP contribution < -0.4 is 10.5 Å². The Hall–Kier alpha value is -1.91. The summed E-state index contributed by atoms with van der Waals surface area (Å²) in [5.41, 5.74) is 6.51. The van der Waals surface area contributed by atoms with E-state index in [-0.39, 0.29) is 17.9 Å². The highest BCUT2D eigenvalue weighted by atomic mass is 35.5. The number of rotatable bonds is 4. The van der Waals surface area contributed by atoms with Gasteiger partial charge in [0.2, 0.25) is 0 Å². The van der Waals surface area contributed by atoms with Crippen LogP contribution in [0.15, 0.2) is 36.4 Å². The Labute approximate surface area is 125 Å². The summed E-state index contributed by atoms with van der Waals surface area (Å²) in [6, 6.07) is 9.54. The van der Waals surface area contributed by atoms with Gasteiger partial charge in [-0.3, -0.25) is 0 Å². The zero-order valence-electron chi connectivity index (χ0n) is 10.3. The number of carboxylic acid groups (broad SMARTS) is 1. The molecule has 0 amide bonds. The molecular weight excluding hydrogens is 301 g/mol.